The van der Waals surface area contributed by atoms with Gasteiger partial charge in [0.2, 0.25) is 0 Å². The van der Waals surface area contributed by atoms with Gasteiger partial charge in [0, 0.05) is 18.8 Å². The van der Waals surface area contributed by atoms with Crippen molar-refractivity contribution in [3.05, 3.63) is 48.0 Å². The summed E-state index contributed by atoms with van der Waals surface area (Å²) in [5.41, 5.74) is 7.44. The first-order valence-electron chi connectivity index (χ1n) is 10.4. The first-order chi connectivity index (χ1) is 15.8. The van der Waals surface area contributed by atoms with Gasteiger partial charge in [-0.25, -0.2) is 15.0 Å². The van der Waals surface area contributed by atoms with Crippen molar-refractivity contribution < 1.29 is 17.9 Å². The first-order valence-corrected chi connectivity index (χ1v) is 10.4. The van der Waals surface area contributed by atoms with Gasteiger partial charge in [-0.1, -0.05) is 0 Å². The minimum atomic E-state index is -4.49. The summed E-state index contributed by atoms with van der Waals surface area (Å²) in [6.45, 7) is 4.35. The average molecular weight is 458 g/mol. The molecular formula is C21H21F3N8O. The molecule has 0 saturated carbocycles. The zero-order chi connectivity index (χ0) is 23.2. The summed E-state index contributed by atoms with van der Waals surface area (Å²) < 4.78 is 46.9. The fourth-order valence-corrected chi connectivity index (χ4v) is 3.99. The Morgan fingerprint density at radius 3 is 2.55 bits per heavy atom. The number of fused-ring (bicyclic) bond motifs is 3. The second-order valence-electron chi connectivity index (χ2n) is 7.84. The Kier molecular flexibility index (Phi) is 5.16. The predicted octanol–water partition coefficient (Wildman–Crippen LogP) is 3.28. The van der Waals surface area contributed by atoms with E-state index in [0.717, 1.165) is 17.8 Å². The van der Waals surface area contributed by atoms with E-state index in [1.165, 1.54) is 18.7 Å². The molecule has 3 N–H and O–H groups in total. The zero-order valence-electron chi connectivity index (χ0n) is 17.7. The van der Waals surface area contributed by atoms with E-state index >= 15 is 0 Å². The smallest absolute Gasteiger partial charge is 0.399 e. The fraction of sp³-hybridized carbons (Fsp3) is 0.333. The van der Waals surface area contributed by atoms with Crippen LogP contribution in [0.1, 0.15) is 24.1 Å². The van der Waals surface area contributed by atoms with Crippen LogP contribution in [-0.4, -0.2) is 50.9 Å². The molecule has 5 rings (SSSR count). The number of anilines is 3. The van der Waals surface area contributed by atoms with Crippen LogP contribution in [0.25, 0.3) is 16.7 Å². The maximum atomic E-state index is 13.3. The maximum Gasteiger partial charge on any atom is 0.416 e. The SMILES string of the molecule is CC(Nc1ncnc2c1cc(N1CCOCC1)c1ncnn12)c1cc(N)cc(C(F)(F)F)c1. The van der Waals surface area contributed by atoms with E-state index in [2.05, 4.69) is 30.3 Å². The number of nitrogens with one attached hydrogen (secondary N) is 1. The lowest BCUT2D eigenvalue weighted by Crippen LogP contribution is -2.36. The molecule has 1 atom stereocenters. The van der Waals surface area contributed by atoms with E-state index < -0.39 is 17.8 Å². The van der Waals surface area contributed by atoms with Gasteiger partial charge in [0.15, 0.2) is 11.3 Å². The van der Waals surface area contributed by atoms with Crippen LogP contribution in [0.5, 0.6) is 0 Å². The maximum absolute atomic E-state index is 13.3. The highest BCUT2D eigenvalue weighted by Crippen LogP contribution is 2.34. The number of ether oxygens (including phenoxy) is 1. The lowest BCUT2D eigenvalue weighted by atomic mass is 10.0. The largest absolute Gasteiger partial charge is 0.416 e. The molecule has 0 radical (unpaired) electrons. The van der Waals surface area contributed by atoms with Crippen LogP contribution in [-0.2, 0) is 10.9 Å². The van der Waals surface area contributed by atoms with Crippen LogP contribution in [0.2, 0.25) is 0 Å². The first kappa shape index (κ1) is 21.2. The number of aromatic nitrogens is 5. The molecule has 12 heteroatoms. The molecule has 0 amide bonds. The summed E-state index contributed by atoms with van der Waals surface area (Å²) in [6, 6.07) is 4.95. The summed E-state index contributed by atoms with van der Waals surface area (Å²) in [5, 5.41) is 8.20. The van der Waals surface area contributed by atoms with Gasteiger partial charge in [-0.15, -0.1) is 0 Å². The Balaban J connectivity index is 1.57. The van der Waals surface area contributed by atoms with Crippen LogP contribution in [0.4, 0.5) is 30.4 Å². The highest BCUT2D eigenvalue weighted by Gasteiger charge is 2.31. The van der Waals surface area contributed by atoms with E-state index in [-0.39, 0.29) is 5.69 Å². The number of rotatable bonds is 4. The highest BCUT2D eigenvalue weighted by atomic mass is 19.4. The molecule has 1 fully saturated rings. The monoisotopic (exact) mass is 458 g/mol. The minimum absolute atomic E-state index is 0.0416. The van der Waals surface area contributed by atoms with E-state index in [9.17, 15) is 13.2 Å². The molecule has 0 bridgehead atoms. The van der Waals surface area contributed by atoms with Crippen LogP contribution >= 0.6 is 0 Å². The van der Waals surface area contributed by atoms with Crippen molar-refractivity contribution >= 4 is 33.9 Å². The van der Waals surface area contributed by atoms with Gasteiger partial charge in [-0.05, 0) is 36.8 Å². The summed E-state index contributed by atoms with van der Waals surface area (Å²) >= 11 is 0. The van der Waals surface area contributed by atoms with Crippen LogP contribution in [0, 0.1) is 0 Å². The molecule has 0 aliphatic carbocycles. The molecule has 33 heavy (non-hydrogen) atoms. The molecule has 1 unspecified atom stereocenters. The fourth-order valence-electron chi connectivity index (χ4n) is 3.99. The van der Waals surface area contributed by atoms with Crippen LogP contribution in [0.15, 0.2) is 36.9 Å². The molecule has 0 spiro atoms. The van der Waals surface area contributed by atoms with Gasteiger partial charge in [0.25, 0.3) is 0 Å². The number of hydrogen-bond donors (Lipinski definition) is 2. The van der Waals surface area contributed by atoms with E-state index in [0.29, 0.717) is 54.4 Å². The van der Waals surface area contributed by atoms with Crippen molar-refractivity contribution in [3.63, 3.8) is 0 Å². The topological polar surface area (TPSA) is 106 Å². The van der Waals surface area contributed by atoms with Crippen molar-refractivity contribution in [3.8, 4) is 0 Å². The summed E-state index contributed by atoms with van der Waals surface area (Å²) in [4.78, 5) is 15.3. The summed E-state index contributed by atoms with van der Waals surface area (Å²) in [7, 11) is 0. The highest BCUT2D eigenvalue weighted by molar-refractivity contribution is 5.93. The molecular weight excluding hydrogens is 437 g/mol. The Labute approximate surface area is 186 Å². The van der Waals surface area contributed by atoms with Crippen molar-refractivity contribution in [1.82, 2.24) is 24.6 Å². The molecule has 3 aromatic heterocycles. The van der Waals surface area contributed by atoms with Crippen molar-refractivity contribution in [2.24, 2.45) is 0 Å². The molecule has 9 nitrogen and oxygen atoms in total. The number of morpholine rings is 1. The minimum Gasteiger partial charge on any atom is -0.399 e. The van der Waals surface area contributed by atoms with Gasteiger partial charge in [0.1, 0.15) is 18.5 Å². The van der Waals surface area contributed by atoms with Crippen molar-refractivity contribution in [1.29, 1.82) is 0 Å². The lowest BCUT2D eigenvalue weighted by Gasteiger charge is -2.29. The summed E-state index contributed by atoms with van der Waals surface area (Å²) in [5.74, 6) is 0.468. The zero-order valence-corrected chi connectivity index (χ0v) is 17.7. The van der Waals surface area contributed by atoms with Crippen LogP contribution in [0.3, 0.4) is 0 Å². The number of halogens is 3. The molecule has 1 aliphatic rings. The van der Waals surface area contributed by atoms with E-state index in [4.69, 9.17) is 10.5 Å². The Morgan fingerprint density at radius 2 is 1.79 bits per heavy atom. The molecule has 1 aliphatic heterocycles. The number of benzene rings is 1. The Morgan fingerprint density at radius 1 is 1.03 bits per heavy atom. The molecule has 1 saturated heterocycles. The van der Waals surface area contributed by atoms with Gasteiger partial charge < -0.3 is 20.7 Å². The number of alkyl halides is 3. The molecule has 1 aromatic carbocycles. The number of hydrogen-bond acceptors (Lipinski definition) is 8. The second-order valence-corrected chi connectivity index (χ2v) is 7.84. The van der Waals surface area contributed by atoms with E-state index in [1.807, 2.05) is 6.07 Å². The van der Waals surface area contributed by atoms with Crippen molar-refractivity contribution in [2.75, 3.05) is 42.3 Å². The van der Waals surface area contributed by atoms with Gasteiger partial charge in [-0.3, -0.25) is 0 Å². The van der Waals surface area contributed by atoms with Crippen LogP contribution < -0.4 is 16.0 Å². The van der Waals surface area contributed by atoms with Crippen molar-refractivity contribution in [2.45, 2.75) is 19.1 Å². The number of nitrogens with zero attached hydrogens (tertiary/aromatic N) is 6. The Bertz CT molecular complexity index is 1320. The lowest BCUT2D eigenvalue weighted by molar-refractivity contribution is -0.137. The number of nitrogens with two attached hydrogens (primary N) is 1. The Hall–Kier alpha value is -3.67. The van der Waals surface area contributed by atoms with Gasteiger partial charge >= 0.3 is 6.18 Å². The number of nitrogen functional groups attached to an aromatic ring is 1. The molecule has 4 aromatic rings. The van der Waals surface area contributed by atoms with Gasteiger partial charge in [0.05, 0.1) is 35.9 Å². The third-order valence-electron chi connectivity index (χ3n) is 5.63. The van der Waals surface area contributed by atoms with E-state index in [1.54, 1.807) is 11.4 Å². The average Bonchev–Trinajstić information content (AvgIpc) is 3.29. The third kappa shape index (κ3) is 3.97. The predicted molar refractivity (Wildman–Crippen MR) is 117 cm³/mol. The normalized spacial score (nSPS) is 15.8. The molecule has 4 heterocycles. The standard InChI is InChI=1S/C21H21F3N8O/c1-12(13-6-14(21(22,23)24)8-15(25)7-13)30-18-16-9-17(31-2-4-33-5-3-31)20-28-11-29-32(20)19(16)27-10-26-18/h6-12H,2-5,25H2,1H3,(H,26,27,30). The quantitative estimate of drug-likeness (QED) is 0.449. The second kappa shape index (κ2) is 8.03. The van der Waals surface area contributed by atoms with Gasteiger partial charge in [-0.2, -0.15) is 22.8 Å². The third-order valence-corrected chi connectivity index (χ3v) is 5.63. The number of pyridine rings is 1. The summed E-state index contributed by atoms with van der Waals surface area (Å²) in [6.07, 6.45) is -1.65. The molecule has 172 valence electrons.